The van der Waals surface area contributed by atoms with Crippen molar-refractivity contribution in [3.63, 3.8) is 0 Å². The fourth-order valence-electron chi connectivity index (χ4n) is 3.08. The molecule has 1 aliphatic carbocycles. The highest BCUT2D eigenvalue weighted by molar-refractivity contribution is 5.75. The van der Waals surface area contributed by atoms with Gasteiger partial charge in [-0.25, -0.2) is 0 Å². The minimum Gasteiger partial charge on any atom is -0.492 e. The molecule has 6 heteroatoms. The summed E-state index contributed by atoms with van der Waals surface area (Å²) in [5.41, 5.74) is 3.98. The van der Waals surface area contributed by atoms with Crippen molar-refractivity contribution >= 4 is 5.97 Å². The van der Waals surface area contributed by atoms with Crippen molar-refractivity contribution in [2.24, 2.45) is 5.92 Å². The SMILES string of the molecule is O=C(O)C1CC1c1ccc(CCOc2ccc(-c3ccn[nH]3)nc2)cc1. The van der Waals surface area contributed by atoms with Gasteiger partial charge in [0.1, 0.15) is 5.75 Å². The van der Waals surface area contributed by atoms with E-state index >= 15 is 0 Å². The van der Waals surface area contributed by atoms with E-state index in [2.05, 4.69) is 27.3 Å². The maximum atomic E-state index is 10.9. The number of aliphatic carboxylic acids is 1. The number of aromatic nitrogens is 3. The van der Waals surface area contributed by atoms with Crippen molar-refractivity contribution in [2.45, 2.75) is 18.8 Å². The second-order valence-corrected chi connectivity index (χ2v) is 6.48. The van der Waals surface area contributed by atoms with E-state index in [9.17, 15) is 4.79 Å². The first-order valence-electron chi connectivity index (χ1n) is 8.61. The summed E-state index contributed by atoms with van der Waals surface area (Å²) in [6.07, 6.45) is 4.94. The third kappa shape index (κ3) is 3.59. The third-order valence-electron chi connectivity index (χ3n) is 4.69. The Morgan fingerprint density at radius 2 is 2.04 bits per heavy atom. The number of benzene rings is 1. The van der Waals surface area contributed by atoms with Gasteiger partial charge < -0.3 is 9.84 Å². The van der Waals surface area contributed by atoms with Gasteiger partial charge in [-0.05, 0) is 41.7 Å². The van der Waals surface area contributed by atoms with Crippen LogP contribution in [-0.4, -0.2) is 32.9 Å². The maximum absolute atomic E-state index is 10.9. The molecule has 26 heavy (non-hydrogen) atoms. The molecule has 4 rings (SSSR count). The average molecular weight is 349 g/mol. The van der Waals surface area contributed by atoms with Gasteiger partial charge in [0.15, 0.2) is 0 Å². The zero-order valence-electron chi connectivity index (χ0n) is 14.1. The van der Waals surface area contributed by atoms with Gasteiger partial charge in [-0.1, -0.05) is 24.3 Å². The summed E-state index contributed by atoms with van der Waals surface area (Å²) in [7, 11) is 0. The van der Waals surface area contributed by atoms with E-state index in [0.29, 0.717) is 6.61 Å². The standard InChI is InChI=1S/C20H19N3O3/c24-20(25)17-11-16(17)14-3-1-13(2-4-14)8-10-26-15-5-6-18(21-12-15)19-7-9-22-23-19/h1-7,9,12,16-17H,8,10-11H2,(H,22,23)(H,24,25). The Morgan fingerprint density at radius 3 is 2.65 bits per heavy atom. The largest absolute Gasteiger partial charge is 0.492 e. The fraction of sp³-hybridized carbons (Fsp3) is 0.250. The zero-order valence-corrected chi connectivity index (χ0v) is 14.1. The molecule has 0 aliphatic heterocycles. The molecule has 2 heterocycles. The van der Waals surface area contributed by atoms with Crippen LogP contribution in [0.1, 0.15) is 23.5 Å². The quantitative estimate of drug-likeness (QED) is 0.683. The van der Waals surface area contributed by atoms with E-state index in [-0.39, 0.29) is 11.8 Å². The average Bonchev–Trinajstić information content (AvgIpc) is 3.29. The topological polar surface area (TPSA) is 88.1 Å². The Kier molecular flexibility index (Phi) is 4.39. The molecule has 2 aromatic heterocycles. The summed E-state index contributed by atoms with van der Waals surface area (Å²) in [5, 5.41) is 15.8. The van der Waals surface area contributed by atoms with E-state index < -0.39 is 5.97 Å². The molecule has 0 saturated heterocycles. The Labute approximate surface area is 150 Å². The van der Waals surface area contributed by atoms with Crippen LogP contribution in [0, 0.1) is 5.92 Å². The van der Waals surface area contributed by atoms with Crippen molar-refractivity contribution in [1.29, 1.82) is 0 Å². The molecule has 2 unspecified atom stereocenters. The number of nitrogens with zero attached hydrogens (tertiary/aromatic N) is 2. The van der Waals surface area contributed by atoms with Crippen LogP contribution >= 0.6 is 0 Å². The van der Waals surface area contributed by atoms with Crippen LogP contribution in [0.5, 0.6) is 5.75 Å². The number of carbonyl (C=O) groups is 1. The lowest BCUT2D eigenvalue weighted by Gasteiger charge is -2.07. The molecule has 2 N–H and O–H groups in total. The smallest absolute Gasteiger partial charge is 0.307 e. The van der Waals surface area contributed by atoms with Crippen LogP contribution in [0.2, 0.25) is 0 Å². The lowest BCUT2D eigenvalue weighted by molar-refractivity contribution is -0.138. The summed E-state index contributed by atoms with van der Waals surface area (Å²) in [6, 6.07) is 13.8. The molecule has 0 radical (unpaired) electrons. The molecular weight excluding hydrogens is 330 g/mol. The molecule has 1 aliphatic rings. The summed E-state index contributed by atoms with van der Waals surface area (Å²) < 4.78 is 5.75. The molecular formula is C20H19N3O3. The van der Waals surface area contributed by atoms with Crippen LogP contribution in [0.3, 0.4) is 0 Å². The predicted molar refractivity (Wildman–Crippen MR) is 95.9 cm³/mol. The Hall–Kier alpha value is -3.15. The molecule has 1 aromatic carbocycles. The lowest BCUT2D eigenvalue weighted by atomic mass is 10.1. The van der Waals surface area contributed by atoms with Crippen molar-refractivity contribution < 1.29 is 14.6 Å². The highest BCUT2D eigenvalue weighted by Crippen LogP contribution is 2.47. The van der Waals surface area contributed by atoms with Crippen LogP contribution < -0.4 is 4.74 Å². The molecule has 3 aromatic rings. The molecule has 2 atom stereocenters. The van der Waals surface area contributed by atoms with Gasteiger partial charge in [-0.3, -0.25) is 14.9 Å². The van der Waals surface area contributed by atoms with Crippen molar-refractivity contribution in [1.82, 2.24) is 15.2 Å². The van der Waals surface area contributed by atoms with E-state index in [4.69, 9.17) is 9.84 Å². The van der Waals surface area contributed by atoms with Crippen molar-refractivity contribution in [3.8, 4) is 17.1 Å². The maximum Gasteiger partial charge on any atom is 0.307 e. The van der Waals surface area contributed by atoms with Gasteiger partial charge in [0.25, 0.3) is 0 Å². The van der Waals surface area contributed by atoms with Gasteiger partial charge in [-0.2, -0.15) is 5.10 Å². The van der Waals surface area contributed by atoms with Crippen LogP contribution in [-0.2, 0) is 11.2 Å². The molecule has 0 amide bonds. The Balaban J connectivity index is 1.27. The highest BCUT2D eigenvalue weighted by Gasteiger charge is 2.43. The van der Waals surface area contributed by atoms with Gasteiger partial charge in [0, 0.05) is 12.6 Å². The minimum absolute atomic E-state index is 0.178. The second kappa shape index (κ2) is 7.00. The number of nitrogens with one attached hydrogen (secondary N) is 1. The van der Waals surface area contributed by atoms with E-state index in [1.54, 1.807) is 12.4 Å². The number of H-pyrrole nitrogens is 1. The van der Waals surface area contributed by atoms with Gasteiger partial charge >= 0.3 is 5.97 Å². The number of aromatic amines is 1. The minimum atomic E-state index is -0.695. The molecule has 0 spiro atoms. The number of carboxylic acid groups (broad SMARTS) is 1. The second-order valence-electron chi connectivity index (χ2n) is 6.48. The third-order valence-corrected chi connectivity index (χ3v) is 4.69. The monoisotopic (exact) mass is 349 g/mol. The summed E-state index contributed by atoms with van der Waals surface area (Å²) in [6.45, 7) is 0.561. The Bertz CT molecular complexity index is 874. The van der Waals surface area contributed by atoms with E-state index in [1.165, 1.54) is 5.56 Å². The number of hydrogen-bond acceptors (Lipinski definition) is 4. The Morgan fingerprint density at radius 1 is 1.19 bits per heavy atom. The first-order valence-corrected chi connectivity index (χ1v) is 8.61. The normalized spacial score (nSPS) is 18.5. The summed E-state index contributed by atoms with van der Waals surface area (Å²) >= 11 is 0. The molecule has 6 nitrogen and oxygen atoms in total. The number of carboxylic acids is 1. The molecule has 1 saturated carbocycles. The highest BCUT2D eigenvalue weighted by atomic mass is 16.5. The number of hydrogen-bond donors (Lipinski definition) is 2. The molecule has 1 fully saturated rings. The zero-order chi connectivity index (χ0) is 17.9. The number of pyridine rings is 1. The van der Waals surface area contributed by atoms with Crippen LogP contribution in [0.4, 0.5) is 0 Å². The van der Waals surface area contributed by atoms with Crippen LogP contribution in [0.15, 0.2) is 54.9 Å². The molecule has 132 valence electrons. The van der Waals surface area contributed by atoms with Gasteiger partial charge in [0.05, 0.1) is 30.1 Å². The van der Waals surface area contributed by atoms with E-state index in [1.807, 2.05) is 30.3 Å². The number of ether oxygens (including phenoxy) is 1. The first-order chi connectivity index (χ1) is 12.7. The summed E-state index contributed by atoms with van der Waals surface area (Å²) in [5.74, 6) is 0.00507. The number of rotatable bonds is 7. The van der Waals surface area contributed by atoms with Gasteiger partial charge in [0.2, 0.25) is 0 Å². The fourth-order valence-corrected chi connectivity index (χ4v) is 3.08. The molecule has 0 bridgehead atoms. The first kappa shape index (κ1) is 16.3. The lowest BCUT2D eigenvalue weighted by Crippen LogP contribution is -2.02. The van der Waals surface area contributed by atoms with E-state index in [0.717, 1.165) is 35.5 Å². The van der Waals surface area contributed by atoms with Crippen molar-refractivity contribution in [3.05, 3.63) is 66.0 Å². The summed E-state index contributed by atoms with van der Waals surface area (Å²) in [4.78, 5) is 15.3. The van der Waals surface area contributed by atoms with Crippen molar-refractivity contribution in [2.75, 3.05) is 6.61 Å². The van der Waals surface area contributed by atoms with Crippen LogP contribution in [0.25, 0.3) is 11.4 Å². The van der Waals surface area contributed by atoms with Gasteiger partial charge in [-0.15, -0.1) is 0 Å². The predicted octanol–water partition coefficient (Wildman–Crippen LogP) is 3.28.